The minimum absolute atomic E-state index is 0.0141. The molecular formula is C24H20N2O3. The van der Waals surface area contributed by atoms with Crippen LogP contribution in [-0.2, 0) is 4.79 Å². The molecule has 0 saturated carbocycles. The van der Waals surface area contributed by atoms with E-state index in [-0.39, 0.29) is 18.2 Å². The van der Waals surface area contributed by atoms with E-state index in [9.17, 15) is 9.59 Å². The Kier molecular flexibility index (Phi) is 4.96. The maximum atomic E-state index is 11.5. The average molecular weight is 384 g/mol. The van der Waals surface area contributed by atoms with E-state index < -0.39 is 0 Å². The van der Waals surface area contributed by atoms with Gasteiger partial charge >= 0.3 is 0 Å². The van der Waals surface area contributed by atoms with Crippen LogP contribution in [0.5, 0.6) is 5.75 Å². The fourth-order valence-electron chi connectivity index (χ4n) is 3.17. The van der Waals surface area contributed by atoms with Gasteiger partial charge in [-0.1, -0.05) is 24.3 Å². The molecule has 5 heteroatoms. The van der Waals surface area contributed by atoms with Crippen LogP contribution in [-0.4, -0.2) is 27.6 Å². The number of Topliss-reactive ketones (excluding diaryl/α,β-unsaturated/α-hetero) is 2. The Morgan fingerprint density at radius 2 is 1.52 bits per heavy atom. The predicted octanol–water partition coefficient (Wildman–Crippen LogP) is 4.84. The van der Waals surface area contributed by atoms with Crippen LogP contribution < -0.4 is 4.74 Å². The SMILES string of the molecule is CC(=O)COc1ccc(-c2cnc3ccc(-c4ccc(C(C)=O)cc4)cn23)cc1. The number of hydrogen-bond acceptors (Lipinski definition) is 4. The summed E-state index contributed by atoms with van der Waals surface area (Å²) in [5.74, 6) is 0.698. The topological polar surface area (TPSA) is 60.7 Å². The average Bonchev–Trinajstić information content (AvgIpc) is 3.16. The van der Waals surface area contributed by atoms with E-state index in [0.29, 0.717) is 11.3 Å². The second-order valence-electron chi connectivity index (χ2n) is 6.94. The van der Waals surface area contributed by atoms with Gasteiger partial charge in [0.2, 0.25) is 0 Å². The van der Waals surface area contributed by atoms with Gasteiger partial charge in [0.15, 0.2) is 11.6 Å². The van der Waals surface area contributed by atoms with Gasteiger partial charge in [-0.05, 0) is 61.4 Å². The number of carbonyl (C=O) groups excluding carboxylic acids is 2. The molecule has 0 aliphatic rings. The lowest BCUT2D eigenvalue weighted by atomic mass is 10.0. The molecule has 2 aromatic heterocycles. The van der Waals surface area contributed by atoms with E-state index >= 15 is 0 Å². The molecule has 0 N–H and O–H groups in total. The van der Waals surface area contributed by atoms with Crippen LogP contribution in [0.1, 0.15) is 24.2 Å². The highest BCUT2D eigenvalue weighted by Crippen LogP contribution is 2.27. The molecule has 5 nitrogen and oxygen atoms in total. The Morgan fingerprint density at radius 3 is 2.17 bits per heavy atom. The number of carbonyl (C=O) groups is 2. The van der Waals surface area contributed by atoms with E-state index in [1.54, 1.807) is 6.92 Å². The molecule has 4 rings (SSSR count). The van der Waals surface area contributed by atoms with Crippen molar-refractivity contribution in [3.05, 3.63) is 78.6 Å². The molecule has 29 heavy (non-hydrogen) atoms. The molecule has 0 radical (unpaired) electrons. The third-order valence-corrected chi connectivity index (χ3v) is 4.72. The molecule has 0 fully saturated rings. The summed E-state index contributed by atoms with van der Waals surface area (Å²) in [5, 5.41) is 0. The minimum atomic E-state index is -0.0141. The standard InChI is InChI=1S/C24H20N2O3/c1-16(27)15-29-22-10-7-20(8-11-22)23-13-25-24-12-9-21(14-26(23)24)19-5-3-18(4-6-19)17(2)28/h3-14H,15H2,1-2H3. The summed E-state index contributed by atoms with van der Waals surface area (Å²) in [6.07, 6.45) is 3.88. The second kappa shape index (κ2) is 7.72. The maximum Gasteiger partial charge on any atom is 0.167 e. The molecular weight excluding hydrogens is 364 g/mol. The first-order valence-electron chi connectivity index (χ1n) is 9.32. The number of imidazole rings is 1. The highest BCUT2D eigenvalue weighted by atomic mass is 16.5. The zero-order valence-corrected chi connectivity index (χ0v) is 16.3. The van der Waals surface area contributed by atoms with E-state index in [2.05, 4.69) is 4.98 Å². The Labute approximate surface area is 168 Å². The van der Waals surface area contributed by atoms with Crippen LogP contribution >= 0.6 is 0 Å². The van der Waals surface area contributed by atoms with Crippen molar-refractivity contribution >= 4 is 17.2 Å². The monoisotopic (exact) mass is 384 g/mol. The van der Waals surface area contributed by atoms with E-state index in [0.717, 1.165) is 28.0 Å². The molecule has 144 valence electrons. The molecule has 0 aliphatic carbocycles. The molecule has 0 amide bonds. The summed E-state index contributed by atoms with van der Waals surface area (Å²) in [6, 6.07) is 19.2. The summed E-state index contributed by atoms with van der Waals surface area (Å²) in [5.41, 5.74) is 5.57. The van der Waals surface area contributed by atoms with Crippen LogP contribution in [0.2, 0.25) is 0 Å². The van der Waals surface area contributed by atoms with Gasteiger partial charge in [0, 0.05) is 17.3 Å². The highest BCUT2D eigenvalue weighted by molar-refractivity contribution is 5.94. The zero-order valence-electron chi connectivity index (χ0n) is 16.3. The Hall–Kier alpha value is -3.73. The van der Waals surface area contributed by atoms with Crippen LogP contribution in [0.4, 0.5) is 0 Å². The third kappa shape index (κ3) is 3.94. The lowest BCUT2D eigenvalue weighted by molar-refractivity contribution is -0.118. The Balaban J connectivity index is 1.66. The number of fused-ring (bicyclic) bond motifs is 1. The Bertz CT molecular complexity index is 1190. The quantitative estimate of drug-likeness (QED) is 0.446. The van der Waals surface area contributed by atoms with Crippen molar-refractivity contribution < 1.29 is 14.3 Å². The van der Waals surface area contributed by atoms with Gasteiger partial charge in [-0.3, -0.25) is 14.0 Å². The molecule has 2 aromatic carbocycles. The normalized spacial score (nSPS) is 10.8. The van der Waals surface area contributed by atoms with Crippen molar-refractivity contribution in [1.82, 2.24) is 9.38 Å². The van der Waals surface area contributed by atoms with Crippen molar-refractivity contribution in [3.63, 3.8) is 0 Å². The van der Waals surface area contributed by atoms with Crippen LogP contribution in [0.25, 0.3) is 28.0 Å². The van der Waals surface area contributed by atoms with E-state index in [1.807, 2.05) is 77.5 Å². The van der Waals surface area contributed by atoms with Crippen molar-refractivity contribution in [2.24, 2.45) is 0 Å². The molecule has 0 unspecified atom stereocenters. The van der Waals surface area contributed by atoms with Gasteiger partial charge in [0.25, 0.3) is 0 Å². The fraction of sp³-hybridized carbons (Fsp3) is 0.125. The highest BCUT2D eigenvalue weighted by Gasteiger charge is 2.09. The smallest absolute Gasteiger partial charge is 0.167 e. The number of ether oxygens (including phenoxy) is 1. The minimum Gasteiger partial charge on any atom is -0.486 e. The number of ketones is 2. The lowest BCUT2D eigenvalue weighted by Gasteiger charge is -2.08. The van der Waals surface area contributed by atoms with Gasteiger partial charge in [0.1, 0.15) is 18.0 Å². The summed E-state index contributed by atoms with van der Waals surface area (Å²) in [7, 11) is 0. The first-order valence-corrected chi connectivity index (χ1v) is 9.32. The van der Waals surface area contributed by atoms with Gasteiger partial charge in [-0.2, -0.15) is 0 Å². The van der Waals surface area contributed by atoms with Gasteiger partial charge in [0.05, 0.1) is 11.9 Å². The molecule has 2 heterocycles. The second-order valence-corrected chi connectivity index (χ2v) is 6.94. The van der Waals surface area contributed by atoms with Gasteiger partial charge in [-0.25, -0.2) is 4.98 Å². The van der Waals surface area contributed by atoms with Crippen molar-refractivity contribution in [2.75, 3.05) is 6.61 Å². The first-order chi connectivity index (χ1) is 14.0. The van der Waals surface area contributed by atoms with Crippen LogP contribution in [0.15, 0.2) is 73.1 Å². The number of aromatic nitrogens is 2. The summed E-state index contributed by atoms with van der Waals surface area (Å²) in [4.78, 5) is 27.1. The summed E-state index contributed by atoms with van der Waals surface area (Å²) < 4.78 is 7.48. The van der Waals surface area contributed by atoms with Crippen molar-refractivity contribution in [2.45, 2.75) is 13.8 Å². The number of rotatable bonds is 6. The number of hydrogen-bond donors (Lipinski definition) is 0. The van der Waals surface area contributed by atoms with Crippen molar-refractivity contribution in [3.8, 4) is 28.1 Å². The maximum absolute atomic E-state index is 11.5. The molecule has 0 saturated heterocycles. The first kappa shape index (κ1) is 18.6. The number of nitrogens with zero attached hydrogens (tertiary/aromatic N) is 2. The number of pyridine rings is 1. The number of benzene rings is 2. The third-order valence-electron chi connectivity index (χ3n) is 4.72. The van der Waals surface area contributed by atoms with E-state index in [1.165, 1.54) is 6.92 Å². The lowest BCUT2D eigenvalue weighted by Crippen LogP contribution is -2.06. The van der Waals surface area contributed by atoms with Crippen molar-refractivity contribution in [1.29, 1.82) is 0 Å². The van der Waals surface area contributed by atoms with Gasteiger partial charge < -0.3 is 4.74 Å². The molecule has 0 atom stereocenters. The fourth-order valence-corrected chi connectivity index (χ4v) is 3.17. The largest absolute Gasteiger partial charge is 0.486 e. The molecule has 0 bridgehead atoms. The molecule has 0 spiro atoms. The Morgan fingerprint density at radius 1 is 0.862 bits per heavy atom. The summed E-state index contributed by atoms with van der Waals surface area (Å²) in [6.45, 7) is 3.13. The zero-order chi connectivity index (χ0) is 20.4. The summed E-state index contributed by atoms with van der Waals surface area (Å²) >= 11 is 0. The van der Waals surface area contributed by atoms with Crippen LogP contribution in [0.3, 0.4) is 0 Å². The molecule has 4 aromatic rings. The van der Waals surface area contributed by atoms with E-state index in [4.69, 9.17) is 4.74 Å². The molecule has 0 aliphatic heterocycles. The van der Waals surface area contributed by atoms with Crippen LogP contribution in [0, 0.1) is 0 Å². The van der Waals surface area contributed by atoms with Gasteiger partial charge in [-0.15, -0.1) is 0 Å². The predicted molar refractivity (Wildman–Crippen MR) is 112 cm³/mol.